The van der Waals surface area contributed by atoms with E-state index < -0.39 is 0 Å². The van der Waals surface area contributed by atoms with Crippen LogP contribution in [-0.4, -0.2) is 33.8 Å². The van der Waals surface area contributed by atoms with E-state index in [9.17, 15) is 4.79 Å². The van der Waals surface area contributed by atoms with Gasteiger partial charge in [0.05, 0.1) is 33.0 Å². The van der Waals surface area contributed by atoms with Crippen LogP contribution in [-0.2, 0) is 11.3 Å². The fourth-order valence-electron chi connectivity index (χ4n) is 2.55. The summed E-state index contributed by atoms with van der Waals surface area (Å²) in [6.07, 6.45) is 3.09. The molecule has 0 saturated heterocycles. The summed E-state index contributed by atoms with van der Waals surface area (Å²) >= 11 is 6.17. The van der Waals surface area contributed by atoms with Crippen LogP contribution in [0.4, 0.5) is 0 Å². The van der Waals surface area contributed by atoms with Gasteiger partial charge in [-0.15, -0.1) is 0 Å². The first-order valence-electron chi connectivity index (χ1n) is 8.69. The van der Waals surface area contributed by atoms with Gasteiger partial charge in [0.2, 0.25) is 5.91 Å². The highest BCUT2D eigenvalue weighted by molar-refractivity contribution is 6.32. The van der Waals surface area contributed by atoms with Crippen molar-refractivity contribution >= 4 is 23.6 Å². The van der Waals surface area contributed by atoms with Gasteiger partial charge in [0.25, 0.3) is 0 Å². The summed E-state index contributed by atoms with van der Waals surface area (Å²) in [7, 11) is 4.62. The Labute approximate surface area is 170 Å². The number of amides is 1. The number of benzene rings is 2. The summed E-state index contributed by atoms with van der Waals surface area (Å²) < 4.78 is 21.3. The lowest BCUT2D eigenvalue weighted by Crippen LogP contribution is -2.20. The molecule has 0 atom stereocenters. The summed E-state index contributed by atoms with van der Waals surface area (Å²) in [6.45, 7) is 2.82. The molecular weight excluding hydrogens is 382 g/mol. The van der Waals surface area contributed by atoms with Crippen molar-refractivity contribution in [1.82, 2.24) is 5.32 Å². The van der Waals surface area contributed by atoms with E-state index in [1.54, 1.807) is 25.3 Å². The number of rotatable bonds is 9. The number of halogens is 1. The molecule has 0 saturated carbocycles. The highest BCUT2D eigenvalue weighted by Crippen LogP contribution is 2.36. The van der Waals surface area contributed by atoms with Gasteiger partial charge >= 0.3 is 0 Å². The molecule has 2 rings (SSSR count). The number of carbonyl (C=O) groups excluding carboxylic acids is 1. The molecule has 0 aromatic heterocycles. The molecule has 6 nitrogen and oxygen atoms in total. The maximum Gasteiger partial charge on any atom is 0.244 e. The number of hydrogen-bond acceptors (Lipinski definition) is 5. The molecule has 0 bridgehead atoms. The maximum atomic E-state index is 12.1. The van der Waals surface area contributed by atoms with Crippen molar-refractivity contribution in [1.29, 1.82) is 0 Å². The van der Waals surface area contributed by atoms with Gasteiger partial charge in [-0.25, -0.2) is 0 Å². The molecule has 150 valence electrons. The molecule has 0 fully saturated rings. The lowest BCUT2D eigenvalue weighted by molar-refractivity contribution is -0.116. The Hall–Kier alpha value is -2.86. The first kappa shape index (κ1) is 21.4. The van der Waals surface area contributed by atoms with Gasteiger partial charge in [-0.3, -0.25) is 4.79 Å². The third-order valence-electron chi connectivity index (χ3n) is 3.88. The smallest absolute Gasteiger partial charge is 0.244 e. The number of nitrogens with one attached hydrogen (secondary N) is 1. The number of carbonyl (C=O) groups is 1. The van der Waals surface area contributed by atoms with E-state index in [-0.39, 0.29) is 5.91 Å². The third kappa shape index (κ3) is 5.57. The number of ether oxygens (including phenoxy) is 4. The quantitative estimate of drug-likeness (QED) is 0.636. The van der Waals surface area contributed by atoms with Gasteiger partial charge in [0.15, 0.2) is 23.0 Å². The fourth-order valence-corrected chi connectivity index (χ4v) is 2.85. The maximum absolute atomic E-state index is 12.1. The average molecular weight is 406 g/mol. The highest BCUT2D eigenvalue weighted by Gasteiger charge is 2.10. The predicted molar refractivity (Wildman–Crippen MR) is 110 cm³/mol. The molecule has 0 spiro atoms. The van der Waals surface area contributed by atoms with Crippen LogP contribution in [0.15, 0.2) is 36.4 Å². The number of hydrogen-bond donors (Lipinski definition) is 1. The summed E-state index contributed by atoms with van der Waals surface area (Å²) in [6, 6.07) is 8.98. The fraction of sp³-hybridized carbons (Fsp3) is 0.286. The van der Waals surface area contributed by atoms with Crippen LogP contribution in [0.25, 0.3) is 6.08 Å². The molecule has 0 heterocycles. The van der Waals surface area contributed by atoms with Crippen molar-refractivity contribution in [3.05, 3.63) is 52.6 Å². The second kappa shape index (κ2) is 10.5. The van der Waals surface area contributed by atoms with E-state index >= 15 is 0 Å². The van der Waals surface area contributed by atoms with Crippen molar-refractivity contribution in [2.45, 2.75) is 13.5 Å². The van der Waals surface area contributed by atoms with Gasteiger partial charge in [0.1, 0.15) is 0 Å². The van der Waals surface area contributed by atoms with Crippen LogP contribution in [0.2, 0.25) is 5.02 Å². The Kier molecular flexibility index (Phi) is 8.02. The van der Waals surface area contributed by atoms with Gasteiger partial charge in [-0.1, -0.05) is 17.7 Å². The standard InChI is InChI=1S/C21H24ClNO5/c1-5-28-17-8-6-15(12-18(17)25-2)13-23-20(24)9-7-14-10-16(22)21(27-4)19(11-14)26-3/h6-12H,5,13H2,1-4H3,(H,23,24)/b9-7+. The molecule has 1 amide bonds. The molecular formula is C21H24ClNO5. The van der Waals surface area contributed by atoms with Crippen molar-refractivity contribution in [3.8, 4) is 23.0 Å². The Morgan fingerprint density at radius 1 is 1.04 bits per heavy atom. The zero-order valence-corrected chi connectivity index (χ0v) is 17.1. The summed E-state index contributed by atoms with van der Waals surface area (Å²) in [5, 5.41) is 3.23. The molecule has 1 N–H and O–H groups in total. The second-order valence-electron chi connectivity index (χ2n) is 5.71. The van der Waals surface area contributed by atoms with Crippen molar-refractivity contribution in [2.75, 3.05) is 27.9 Å². The Morgan fingerprint density at radius 3 is 2.43 bits per heavy atom. The minimum atomic E-state index is -0.237. The minimum absolute atomic E-state index is 0.237. The molecule has 0 radical (unpaired) electrons. The first-order chi connectivity index (χ1) is 13.5. The lowest BCUT2D eigenvalue weighted by atomic mass is 10.1. The molecule has 2 aromatic rings. The van der Waals surface area contributed by atoms with E-state index in [0.717, 1.165) is 11.1 Å². The van der Waals surface area contributed by atoms with E-state index in [1.165, 1.54) is 20.3 Å². The van der Waals surface area contributed by atoms with Gasteiger partial charge in [0, 0.05) is 12.6 Å². The van der Waals surface area contributed by atoms with Gasteiger partial charge in [-0.2, -0.15) is 0 Å². The Morgan fingerprint density at radius 2 is 1.79 bits per heavy atom. The van der Waals surface area contributed by atoms with E-state index in [1.807, 2.05) is 25.1 Å². The monoisotopic (exact) mass is 405 g/mol. The van der Waals surface area contributed by atoms with Crippen LogP contribution < -0.4 is 24.3 Å². The van der Waals surface area contributed by atoms with Crippen molar-refractivity contribution in [2.24, 2.45) is 0 Å². The average Bonchev–Trinajstić information content (AvgIpc) is 2.71. The van der Waals surface area contributed by atoms with Crippen molar-refractivity contribution in [3.63, 3.8) is 0 Å². The zero-order valence-electron chi connectivity index (χ0n) is 16.4. The summed E-state index contributed by atoms with van der Waals surface area (Å²) in [5.74, 6) is 2.01. The van der Waals surface area contributed by atoms with Crippen LogP contribution in [0, 0.1) is 0 Å². The molecule has 2 aromatic carbocycles. The summed E-state index contributed by atoms with van der Waals surface area (Å²) in [5.41, 5.74) is 1.62. The normalized spacial score (nSPS) is 10.6. The summed E-state index contributed by atoms with van der Waals surface area (Å²) in [4.78, 5) is 12.1. The molecule has 7 heteroatoms. The Bertz CT molecular complexity index is 851. The lowest BCUT2D eigenvalue weighted by Gasteiger charge is -2.11. The zero-order chi connectivity index (χ0) is 20.5. The SMILES string of the molecule is CCOc1ccc(CNC(=O)/C=C/c2cc(Cl)c(OC)c(OC)c2)cc1OC. The second-order valence-corrected chi connectivity index (χ2v) is 6.11. The third-order valence-corrected chi connectivity index (χ3v) is 4.16. The molecule has 28 heavy (non-hydrogen) atoms. The largest absolute Gasteiger partial charge is 0.493 e. The molecule has 0 aliphatic carbocycles. The van der Waals surface area contributed by atoms with Crippen LogP contribution >= 0.6 is 11.6 Å². The van der Waals surface area contributed by atoms with Gasteiger partial charge in [-0.05, 0) is 48.4 Å². The van der Waals surface area contributed by atoms with E-state index in [4.69, 9.17) is 30.5 Å². The van der Waals surface area contributed by atoms with Crippen LogP contribution in [0.5, 0.6) is 23.0 Å². The minimum Gasteiger partial charge on any atom is -0.493 e. The van der Waals surface area contributed by atoms with Crippen LogP contribution in [0.3, 0.4) is 0 Å². The Balaban J connectivity index is 2.02. The van der Waals surface area contributed by atoms with Crippen molar-refractivity contribution < 1.29 is 23.7 Å². The molecule has 0 unspecified atom stereocenters. The molecule has 0 aliphatic rings. The predicted octanol–water partition coefficient (Wildman–Crippen LogP) is 4.09. The van der Waals surface area contributed by atoms with E-state index in [0.29, 0.717) is 41.2 Å². The topological polar surface area (TPSA) is 66.0 Å². The molecule has 0 aliphatic heterocycles. The number of methoxy groups -OCH3 is 3. The van der Waals surface area contributed by atoms with Gasteiger partial charge < -0.3 is 24.3 Å². The first-order valence-corrected chi connectivity index (χ1v) is 9.07. The van der Waals surface area contributed by atoms with Crippen LogP contribution in [0.1, 0.15) is 18.1 Å². The van der Waals surface area contributed by atoms with E-state index in [2.05, 4.69) is 5.32 Å². The highest BCUT2D eigenvalue weighted by atomic mass is 35.5.